The molecule has 3 aliphatic rings. The molecule has 3 amide bonds. The molecule has 0 bridgehead atoms. The first-order chi connectivity index (χ1) is 13.0. The molecule has 0 aromatic heterocycles. The minimum atomic E-state index is -1.27. The number of imide groups is 1. The molecule has 1 aromatic rings. The summed E-state index contributed by atoms with van der Waals surface area (Å²) in [6.07, 6.45) is 0.698. The van der Waals surface area contributed by atoms with Gasteiger partial charge < -0.3 is 5.32 Å². The fourth-order valence-corrected chi connectivity index (χ4v) is 5.32. The number of hydrogen-bond donors (Lipinski definition) is 2. The van der Waals surface area contributed by atoms with E-state index in [0.29, 0.717) is 28.6 Å². The largest absolute Gasteiger partial charge is 0.324 e. The van der Waals surface area contributed by atoms with E-state index < -0.39 is 22.9 Å². The highest BCUT2D eigenvalue weighted by Crippen LogP contribution is 2.54. The molecule has 3 aliphatic heterocycles. The van der Waals surface area contributed by atoms with Crippen molar-refractivity contribution in [3.05, 3.63) is 28.8 Å². The molecule has 1 spiro atoms. The van der Waals surface area contributed by atoms with Gasteiger partial charge in [-0.25, -0.2) is 0 Å². The number of nitrogens with one attached hydrogen (secondary N) is 2. The smallest absolute Gasteiger partial charge is 0.250 e. The molecule has 2 fully saturated rings. The highest BCUT2D eigenvalue weighted by atomic mass is 35.5. The fraction of sp³-hybridized carbons (Fsp3) is 0.571. The summed E-state index contributed by atoms with van der Waals surface area (Å²) in [7, 11) is 0. The van der Waals surface area contributed by atoms with E-state index in [9.17, 15) is 14.4 Å². The van der Waals surface area contributed by atoms with E-state index in [4.69, 9.17) is 11.6 Å². The third-order valence-corrected chi connectivity index (χ3v) is 6.31. The first kappa shape index (κ1) is 19.4. The van der Waals surface area contributed by atoms with Crippen LogP contribution in [0.15, 0.2) is 18.2 Å². The number of amides is 3. The molecule has 0 unspecified atom stereocenters. The van der Waals surface area contributed by atoms with Crippen molar-refractivity contribution in [3.8, 4) is 0 Å². The van der Waals surface area contributed by atoms with Crippen molar-refractivity contribution in [1.82, 2.24) is 10.2 Å². The summed E-state index contributed by atoms with van der Waals surface area (Å²) >= 11 is 6.23. The molecule has 0 radical (unpaired) electrons. The van der Waals surface area contributed by atoms with E-state index in [1.165, 1.54) is 4.90 Å². The maximum Gasteiger partial charge on any atom is 0.250 e. The zero-order chi connectivity index (χ0) is 20.6. The predicted molar refractivity (Wildman–Crippen MR) is 107 cm³/mol. The molecule has 3 heterocycles. The Labute approximate surface area is 170 Å². The molecule has 2 saturated heterocycles. The summed E-state index contributed by atoms with van der Waals surface area (Å²) in [6.45, 7) is 9.69. The van der Waals surface area contributed by atoms with Gasteiger partial charge in [0.25, 0.3) is 0 Å². The predicted octanol–water partition coefficient (Wildman–Crippen LogP) is 2.91. The Morgan fingerprint density at radius 1 is 1.18 bits per heavy atom. The van der Waals surface area contributed by atoms with Crippen LogP contribution in [0, 0.1) is 17.8 Å². The second-order valence-electron chi connectivity index (χ2n) is 9.52. The topological polar surface area (TPSA) is 78.5 Å². The van der Waals surface area contributed by atoms with Crippen molar-refractivity contribution in [2.24, 2.45) is 17.8 Å². The summed E-state index contributed by atoms with van der Waals surface area (Å²) in [5.74, 6) is -1.80. The zero-order valence-electron chi connectivity index (χ0n) is 16.8. The molecule has 4 rings (SSSR count). The average Bonchev–Trinajstić information content (AvgIpc) is 3.12. The molecule has 6 nitrogen and oxygen atoms in total. The molecule has 0 aliphatic carbocycles. The zero-order valence-corrected chi connectivity index (χ0v) is 17.6. The Bertz CT molecular complexity index is 891. The van der Waals surface area contributed by atoms with E-state index in [0.717, 1.165) is 0 Å². The number of anilines is 1. The number of carbonyl (C=O) groups is 3. The van der Waals surface area contributed by atoms with E-state index in [1.807, 2.05) is 20.8 Å². The summed E-state index contributed by atoms with van der Waals surface area (Å²) in [5, 5.41) is 6.81. The molecule has 28 heavy (non-hydrogen) atoms. The molecule has 7 heteroatoms. The number of fused-ring (bicyclic) bond motifs is 4. The first-order valence-corrected chi connectivity index (χ1v) is 10.1. The van der Waals surface area contributed by atoms with E-state index in [2.05, 4.69) is 24.5 Å². The monoisotopic (exact) mass is 403 g/mol. The third-order valence-electron chi connectivity index (χ3n) is 6.07. The molecule has 0 saturated carbocycles. The normalized spacial score (nSPS) is 31.8. The number of rotatable bonds is 2. The Kier molecular flexibility index (Phi) is 4.18. The number of benzene rings is 1. The Morgan fingerprint density at radius 3 is 2.46 bits per heavy atom. The van der Waals surface area contributed by atoms with Crippen molar-refractivity contribution >= 4 is 35.0 Å². The summed E-state index contributed by atoms with van der Waals surface area (Å²) in [5.41, 5.74) is -0.616. The van der Waals surface area contributed by atoms with Crippen LogP contribution in [-0.4, -0.2) is 34.2 Å². The van der Waals surface area contributed by atoms with Gasteiger partial charge in [0, 0.05) is 27.9 Å². The minimum Gasteiger partial charge on any atom is -0.324 e. The van der Waals surface area contributed by atoms with Gasteiger partial charge in [0.1, 0.15) is 5.54 Å². The van der Waals surface area contributed by atoms with E-state index in [1.54, 1.807) is 18.2 Å². The lowest BCUT2D eigenvalue weighted by molar-refractivity contribution is -0.147. The second-order valence-corrected chi connectivity index (χ2v) is 9.96. The van der Waals surface area contributed by atoms with Gasteiger partial charge in [-0.05, 0) is 51.3 Å². The highest BCUT2D eigenvalue weighted by molar-refractivity contribution is 6.31. The number of hydrogen-bond acceptors (Lipinski definition) is 4. The highest BCUT2D eigenvalue weighted by Gasteiger charge is 2.71. The van der Waals surface area contributed by atoms with Crippen molar-refractivity contribution in [2.45, 2.75) is 58.2 Å². The lowest BCUT2D eigenvalue weighted by Gasteiger charge is -2.34. The second kappa shape index (κ2) is 6.04. The van der Waals surface area contributed by atoms with Crippen molar-refractivity contribution < 1.29 is 14.4 Å². The van der Waals surface area contributed by atoms with E-state index >= 15 is 0 Å². The number of nitrogens with zero attached hydrogens (tertiary/aromatic N) is 1. The van der Waals surface area contributed by atoms with Crippen LogP contribution in [0.5, 0.6) is 0 Å². The molecule has 150 valence electrons. The summed E-state index contributed by atoms with van der Waals surface area (Å²) in [6, 6.07) is 4.93. The SMILES string of the molecule is CC(C)C[C@@H]1N[C@@]2(C(=O)Nc3ccc(Cl)cc32)[C@@H]2C(=O)N(C(C)(C)C)C(=O)[C@H]12. The van der Waals surface area contributed by atoms with Gasteiger partial charge in [-0.15, -0.1) is 0 Å². The van der Waals surface area contributed by atoms with Gasteiger partial charge in [-0.2, -0.15) is 0 Å². The van der Waals surface area contributed by atoms with Gasteiger partial charge in [0.2, 0.25) is 17.7 Å². The maximum absolute atomic E-state index is 13.5. The molecule has 4 atom stereocenters. The van der Waals surface area contributed by atoms with E-state index in [-0.39, 0.29) is 23.8 Å². The molecular formula is C21H26ClN3O3. The van der Waals surface area contributed by atoms with Crippen LogP contribution in [-0.2, 0) is 19.9 Å². The van der Waals surface area contributed by atoms with Crippen LogP contribution in [0.1, 0.15) is 46.6 Å². The number of likely N-dealkylation sites (tertiary alicyclic amines) is 1. The third kappa shape index (κ3) is 2.47. The van der Waals surface area contributed by atoms with Gasteiger partial charge >= 0.3 is 0 Å². The van der Waals surface area contributed by atoms with Crippen molar-refractivity contribution in [2.75, 3.05) is 5.32 Å². The van der Waals surface area contributed by atoms with Crippen LogP contribution in [0.25, 0.3) is 0 Å². The maximum atomic E-state index is 13.5. The van der Waals surface area contributed by atoms with Crippen molar-refractivity contribution in [3.63, 3.8) is 0 Å². The van der Waals surface area contributed by atoms with Crippen LogP contribution in [0.2, 0.25) is 5.02 Å². The van der Waals surface area contributed by atoms with Crippen LogP contribution >= 0.6 is 11.6 Å². The number of halogens is 1. The minimum absolute atomic E-state index is 0.194. The van der Waals surface area contributed by atoms with Crippen LogP contribution < -0.4 is 10.6 Å². The van der Waals surface area contributed by atoms with Gasteiger partial charge in [-0.1, -0.05) is 25.4 Å². The van der Waals surface area contributed by atoms with Crippen molar-refractivity contribution in [1.29, 1.82) is 0 Å². The molecule has 2 N–H and O–H groups in total. The molecular weight excluding hydrogens is 378 g/mol. The molecule has 1 aromatic carbocycles. The summed E-state index contributed by atoms with van der Waals surface area (Å²) in [4.78, 5) is 41.5. The van der Waals surface area contributed by atoms with Gasteiger partial charge in [0.15, 0.2) is 0 Å². The Hall–Kier alpha value is -1.92. The Balaban J connectivity index is 1.91. The fourth-order valence-electron chi connectivity index (χ4n) is 5.15. The first-order valence-electron chi connectivity index (χ1n) is 9.75. The average molecular weight is 404 g/mol. The van der Waals surface area contributed by atoms with Crippen LogP contribution in [0.4, 0.5) is 5.69 Å². The lowest BCUT2D eigenvalue weighted by atomic mass is 9.76. The van der Waals surface area contributed by atoms with Gasteiger partial charge in [0.05, 0.1) is 11.8 Å². The quantitative estimate of drug-likeness (QED) is 0.744. The number of carbonyl (C=O) groups excluding carboxylic acids is 3. The lowest BCUT2D eigenvalue weighted by Crippen LogP contribution is -2.55. The Morgan fingerprint density at radius 2 is 1.86 bits per heavy atom. The summed E-state index contributed by atoms with van der Waals surface area (Å²) < 4.78 is 0. The standard InChI is InChI=1S/C21H26ClN3O3/c1-10(2)8-14-15-16(18(27)25(17(15)26)20(3,4)5)21(24-14)12-9-11(22)6-7-13(12)23-19(21)28/h6-7,9-10,14-16,24H,8H2,1-5H3,(H,23,28)/t14-,15+,16-,21+/m0/s1. The van der Waals surface area contributed by atoms with Crippen LogP contribution in [0.3, 0.4) is 0 Å². The van der Waals surface area contributed by atoms with Gasteiger partial charge in [-0.3, -0.25) is 24.6 Å².